The predicted molar refractivity (Wildman–Crippen MR) is 93.8 cm³/mol. The van der Waals surface area contributed by atoms with Crippen LogP contribution in [0.1, 0.15) is 42.6 Å². The molecule has 0 bridgehead atoms. The van der Waals surface area contributed by atoms with Gasteiger partial charge in [0.05, 0.1) is 0 Å². The Labute approximate surface area is 155 Å². The number of H-pyrrole nitrogens is 1. The SMILES string of the molecule is NC(=O)C1(N2CCCCC2)CCN(C(=O)c2cc(-n3cnnn3)n[nH]2)CC1. The molecular formula is C16H23N9O2. The number of nitrogens with one attached hydrogen (secondary N) is 1. The Morgan fingerprint density at radius 3 is 2.48 bits per heavy atom. The fourth-order valence-corrected chi connectivity index (χ4v) is 4.09. The molecule has 4 heterocycles. The van der Waals surface area contributed by atoms with E-state index in [1.54, 1.807) is 11.0 Å². The van der Waals surface area contributed by atoms with Crippen molar-refractivity contribution in [1.82, 2.24) is 40.2 Å². The van der Waals surface area contributed by atoms with E-state index in [1.165, 1.54) is 17.4 Å². The molecular weight excluding hydrogens is 350 g/mol. The predicted octanol–water partition coefficient (Wildman–Crippen LogP) is -0.669. The molecule has 0 spiro atoms. The third-order valence-electron chi connectivity index (χ3n) is 5.68. The molecule has 2 saturated heterocycles. The Hall–Kier alpha value is -2.82. The van der Waals surface area contributed by atoms with E-state index in [0.717, 1.165) is 25.9 Å². The first-order valence-electron chi connectivity index (χ1n) is 9.23. The van der Waals surface area contributed by atoms with Gasteiger partial charge in [-0.25, -0.2) is 0 Å². The number of aromatic amines is 1. The van der Waals surface area contributed by atoms with Gasteiger partial charge in [0.2, 0.25) is 5.91 Å². The largest absolute Gasteiger partial charge is 0.368 e. The number of primary amides is 1. The first-order valence-corrected chi connectivity index (χ1v) is 9.23. The molecule has 3 N–H and O–H groups in total. The molecule has 11 heteroatoms. The minimum absolute atomic E-state index is 0.154. The Bertz CT molecular complexity index is 802. The van der Waals surface area contributed by atoms with Gasteiger partial charge in [0.25, 0.3) is 5.91 Å². The van der Waals surface area contributed by atoms with E-state index in [1.807, 2.05) is 0 Å². The Morgan fingerprint density at radius 2 is 1.85 bits per heavy atom. The highest BCUT2D eigenvalue weighted by Crippen LogP contribution is 2.32. The Kier molecular flexibility index (Phi) is 4.60. The lowest BCUT2D eigenvalue weighted by atomic mass is 9.83. The number of likely N-dealkylation sites (tertiary alicyclic amines) is 2. The van der Waals surface area contributed by atoms with Gasteiger partial charge >= 0.3 is 0 Å². The van der Waals surface area contributed by atoms with E-state index < -0.39 is 5.54 Å². The number of nitrogens with zero attached hydrogens (tertiary/aromatic N) is 7. The molecule has 2 aromatic rings. The molecule has 2 aromatic heterocycles. The minimum Gasteiger partial charge on any atom is -0.368 e. The Morgan fingerprint density at radius 1 is 1.11 bits per heavy atom. The number of hydrogen-bond donors (Lipinski definition) is 2. The molecule has 11 nitrogen and oxygen atoms in total. The number of nitrogens with two attached hydrogens (primary N) is 1. The van der Waals surface area contributed by atoms with Crippen LogP contribution >= 0.6 is 0 Å². The molecule has 4 rings (SSSR count). The van der Waals surface area contributed by atoms with Crippen LogP contribution < -0.4 is 5.73 Å². The number of carbonyl (C=O) groups excluding carboxylic acids is 2. The highest BCUT2D eigenvalue weighted by molar-refractivity contribution is 5.93. The van der Waals surface area contributed by atoms with Gasteiger partial charge in [-0.3, -0.25) is 19.6 Å². The molecule has 0 radical (unpaired) electrons. The van der Waals surface area contributed by atoms with E-state index in [9.17, 15) is 9.59 Å². The highest BCUT2D eigenvalue weighted by atomic mass is 16.2. The monoisotopic (exact) mass is 373 g/mol. The summed E-state index contributed by atoms with van der Waals surface area (Å²) in [4.78, 5) is 29.1. The van der Waals surface area contributed by atoms with Gasteiger partial charge in [0, 0.05) is 19.2 Å². The smallest absolute Gasteiger partial charge is 0.271 e. The summed E-state index contributed by atoms with van der Waals surface area (Å²) in [7, 11) is 0. The van der Waals surface area contributed by atoms with Crippen molar-refractivity contribution < 1.29 is 9.59 Å². The summed E-state index contributed by atoms with van der Waals surface area (Å²) >= 11 is 0. The van der Waals surface area contributed by atoms with E-state index in [0.29, 0.717) is 37.4 Å². The lowest BCUT2D eigenvalue weighted by Gasteiger charge is -2.48. The van der Waals surface area contributed by atoms with Crippen LogP contribution in [0.15, 0.2) is 12.4 Å². The molecule has 27 heavy (non-hydrogen) atoms. The second-order valence-corrected chi connectivity index (χ2v) is 7.13. The first kappa shape index (κ1) is 17.6. The van der Waals surface area contributed by atoms with Crippen LogP contribution in [0, 0.1) is 0 Å². The van der Waals surface area contributed by atoms with Crippen molar-refractivity contribution >= 4 is 11.8 Å². The molecule has 2 fully saturated rings. The number of tetrazole rings is 1. The highest BCUT2D eigenvalue weighted by Gasteiger charge is 2.45. The van der Waals surface area contributed by atoms with Crippen molar-refractivity contribution in [2.75, 3.05) is 26.2 Å². The quantitative estimate of drug-likeness (QED) is 0.724. The number of aromatic nitrogens is 6. The number of amides is 2. The zero-order valence-electron chi connectivity index (χ0n) is 15.0. The van der Waals surface area contributed by atoms with Crippen molar-refractivity contribution in [1.29, 1.82) is 0 Å². The van der Waals surface area contributed by atoms with Crippen molar-refractivity contribution in [3.63, 3.8) is 0 Å². The average Bonchev–Trinajstić information content (AvgIpc) is 3.39. The third kappa shape index (κ3) is 3.18. The summed E-state index contributed by atoms with van der Waals surface area (Å²) < 4.78 is 1.37. The summed E-state index contributed by atoms with van der Waals surface area (Å²) in [5.74, 6) is 0.0118. The Balaban J connectivity index is 1.45. The van der Waals surface area contributed by atoms with Crippen LogP contribution in [0.4, 0.5) is 0 Å². The average molecular weight is 373 g/mol. The van der Waals surface area contributed by atoms with Crippen molar-refractivity contribution in [2.24, 2.45) is 5.73 Å². The maximum Gasteiger partial charge on any atom is 0.271 e. The molecule has 0 unspecified atom stereocenters. The summed E-state index contributed by atoms with van der Waals surface area (Å²) in [5, 5.41) is 17.7. The van der Waals surface area contributed by atoms with Crippen LogP contribution in [0.5, 0.6) is 0 Å². The number of piperidine rings is 2. The summed E-state index contributed by atoms with van der Waals surface area (Å²) in [6.45, 7) is 2.76. The van der Waals surface area contributed by atoms with Gasteiger partial charge < -0.3 is 10.6 Å². The molecule has 0 aliphatic carbocycles. The van der Waals surface area contributed by atoms with Crippen LogP contribution in [0.3, 0.4) is 0 Å². The minimum atomic E-state index is -0.636. The van der Waals surface area contributed by atoms with Gasteiger partial charge in [-0.2, -0.15) is 9.78 Å². The second-order valence-electron chi connectivity index (χ2n) is 7.13. The molecule has 2 amide bonds. The summed E-state index contributed by atoms with van der Waals surface area (Å²) in [6, 6.07) is 1.61. The van der Waals surface area contributed by atoms with Gasteiger partial charge in [0.15, 0.2) is 5.82 Å². The lowest BCUT2D eigenvalue weighted by Crippen LogP contribution is -2.63. The van der Waals surface area contributed by atoms with E-state index in [-0.39, 0.29) is 11.8 Å². The van der Waals surface area contributed by atoms with Crippen LogP contribution in [-0.4, -0.2) is 83.7 Å². The normalized spacial score (nSPS) is 20.5. The summed E-state index contributed by atoms with van der Waals surface area (Å²) in [6.07, 6.45) is 5.90. The fourth-order valence-electron chi connectivity index (χ4n) is 4.09. The maximum atomic E-state index is 12.8. The second kappa shape index (κ2) is 7.06. The van der Waals surface area contributed by atoms with Crippen LogP contribution in [0.25, 0.3) is 5.82 Å². The fraction of sp³-hybridized carbons (Fsp3) is 0.625. The van der Waals surface area contributed by atoms with E-state index >= 15 is 0 Å². The lowest BCUT2D eigenvalue weighted by molar-refractivity contribution is -0.134. The third-order valence-corrected chi connectivity index (χ3v) is 5.68. The van der Waals surface area contributed by atoms with Crippen LogP contribution in [-0.2, 0) is 4.79 Å². The standard InChI is InChI=1S/C16H23N9O2/c17-15(27)16(24-6-2-1-3-7-24)4-8-23(9-5-16)14(26)12-10-13(20-19-12)25-11-18-21-22-25/h10-11H,1-9H2,(H2,17,27)(H,19,20). The molecule has 2 aliphatic heterocycles. The van der Waals surface area contributed by atoms with E-state index in [4.69, 9.17) is 5.73 Å². The zero-order chi connectivity index (χ0) is 18.9. The van der Waals surface area contributed by atoms with Gasteiger partial charge in [0.1, 0.15) is 17.6 Å². The molecule has 2 aliphatic rings. The maximum absolute atomic E-state index is 12.8. The van der Waals surface area contributed by atoms with E-state index in [2.05, 4.69) is 30.6 Å². The first-order chi connectivity index (χ1) is 13.1. The molecule has 0 saturated carbocycles. The number of hydrogen-bond acceptors (Lipinski definition) is 7. The summed E-state index contributed by atoms with van der Waals surface area (Å²) in [5.41, 5.74) is 5.53. The number of carbonyl (C=O) groups is 2. The van der Waals surface area contributed by atoms with Gasteiger partial charge in [-0.05, 0) is 49.2 Å². The zero-order valence-corrected chi connectivity index (χ0v) is 15.0. The number of rotatable bonds is 4. The molecule has 0 aromatic carbocycles. The van der Waals surface area contributed by atoms with Crippen molar-refractivity contribution in [3.05, 3.63) is 18.1 Å². The van der Waals surface area contributed by atoms with Crippen molar-refractivity contribution in [3.8, 4) is 5.82 Å². The molecule has 0 atom stereocenters. The van der Waals surface area contributed by atoms with Gasteiger partial charge in [-0.1, -0.05) is 6.42 Å². The molecule has 144 valence electrons. The topological polar surface area (TPSA) is 139 Å². The van der Waals surface area contributed by atoms with Crippen LogP contribution in [0.2, 0.25) is 0 Å². The van der Waals surface area contributed by atoms with Crippen molar-refractivity contribution in [2.45, 2.75) is 37.6 Å². The van der Waals surface area contributed by atoms with Gasteiger partial charge in [-0.15, -0.1) is 5.10 Å².